The van der Waals surface area contributed by atoms with Gasteiger partial charge in [-0.05, 0) is 13.3 Å². The average molecular weight is 146 g/mol. The zero-order valence-electron chi connectivity index (χ0n) is 6.86. The Kier molecular flexibility index (Phi) is 4.24. The minimum Gasteiger partial charge on any atom is -0.296 e. The highest BCUT2D eigenvalue weighted by Gasteiger charge is 2.17. The second-order valence-corrected chi connectivity index (χ2v) is 2.71. The van der Waals surface area contributed by atoms with Crippen molar-refractivity contribution in [2.75, 3.05) is 0 Å². The normalized spacial score (nSPS) is 16.4. The Labute approximate surface area is 61.6 Å². The molecule has 0 aliphatic heterocycles. The van der Waals surface area contributed by atoms with E-state index in [2.05, 4.69) is 0 Å². The Balaban J connectivity index is 3.71. The molecule has 0 saturated heterocycles. The minimum absolute atomic E-state index is 0.106. The first-order valence-corrected chi connectivity index (χ1v) is 3.77. The SMILES string of the molecule is CCCC(C)C(=O)C(C)F. The summed E-state index contributed by atoms with van der Waals surface area (Å²) in [7, 11) is 0. The molecule has 0 aliphatic carbocycles. The first kappa shape index (κ1) is 9.60. The number of ketones is 1. The fraction of sp³-hybridized carbons (Fsp3) is 0.875. The van der Waals surface area contributed by atoms with E-state index in [1.807, 2.05) is 6.92 Å². The van der Waals surface area contributed by atoms with Crippen molar-refractivity contribution in [1.82, 2.24) is 0 Å². The zero-order chi connectivity index (χ0) is 8.15. The van der Waals surface area contributed by atoms with Gasteiger partial charge in [0.25, 0.3) is 0 Å². The molecule has 0 radical (unpaired) electrons. The molecule has 0 spiro atoms. The van der Waals surface area contributed by atoms with E-state index in [9.17, 15) is 9.18 Å². The number of halogens is 1. The van der Waals surface area contributed by atoms with Crippen LogP contribution in [0.3, 0.4) is 0 Å². The average Bonchev–Trinajstić information content (AvgIpc) is 1.87. The molecule has 0 heterocycles. The standard InChI is InChI=1S/C8H15FO/c1-4-5-6(2)8(10)7(3)9/h6-7H,4-5H2,1-3H3. The van der Waals surface area contributed by atoms with Gasteiger partial charge in [-0.3, -0.25) is 4.79 Å². The maximum atomic E-state index is 12.3. The number of hydrogen-bond acceptors (Lipinski definition) is 1. The van der Waals surface area contributed by atoms with Crippen LogP contribution in [0.4, 0.5) is 4.39 Å². The van der Waals surface area contributed by atoms with Crippen LogP contribution in [0.2, 0.25) is 0 Å². The second kappa shape index (κ2) is 4.42. The third-order valence-electron chi connectivity index (χ3n) is 1.60. The molecule has 10 heavy (non-hydrogen) atoms. The van der Waals surface area contributed by atoms with Gasteiger partial charge in [0.05, 0.1) is 0 Å². The lowest BCUT2D eigenvalue weighted by atomic mass is 9.99. The van der Waals surface area contributed by atoms with Crippen LogP contribution < -0.4 is 0 Å². The van der Waals surface area contributed by atoms with Crippen LogP contribution in [-0.4, -0.2) is 12.0 Å². The first-order chi connectivity index (χ1) is 4.59. The topological polar surface area (TPSA) is 17.1 Å². The van der Waals surface area contributed by atoms with E-state index in [1.165, 1.54) is 6.92 Å². The van der Waals surface area contributed by atoms with Crippen molar-refractivity contribution in [1.29, 1.82) is 0 Å². The van der Waals surface area contributed by atoms with E-state index in [0.717, 1.165) is 12.8 Å². The summed E-state index contributed by atoms with van der Waals surface area (Å²) in [6.07, 6.45) is 0.453. The summed E-state index contributed by atoms with van der Waals surface area (Å²) in [5.41, 5.74) is 0. The van der Waals surface area contributed by atoms with Crippen molar-refractivity contribution < 1.29 is 9.18 Å². The van der Waals surface area contributed by atoms with Gasteiger partial charge < -0.3 is 0 Å². The summed E-state index contributed by atoms with van der Waals surface area (Å²) in [4.78, 5) is 10.9. The van der Waals surface area contributed by atoms with Gasteiger partial charge in [-0.2, -0.15) is 0 Å². The van der Waals surface area contributed by atoms with Crippen LogP contribution in [0.5, 0.6) is 0 Å². The van der Waals surface area contributed by atoms with E-state index in [1.54, 1.807) is 6.92 Å². The van der Waals surface area contributed by atoms with Gasteiger partial charge in [-0.1, -0.05) is 20.3 Å². The summed E-state index contributed by atoms with van der Waals surface area (Å²) in [6, 6.07) is 0. The molecule has 0 aliphatic rings. The van der Waals surface area contributed by atoms with Gasteiger partial charge in [0.15, 0.2) is 12.0 Å². The Morgan fingerprint density at radius 2 is 2.00 bits per heavy atom. The van der Waals surface area contributed by atoms with Gasteiger partial charge in [0, 0.05) is 5.92 Å². The summed E-state index contributed by atoms with van der Waals surface area (Å²) < 4.78 is 12.3. The predicted molar refractivity (Wildman–Crippen MR) is 39.6 cm³/mol. The van der Waals surface area contributed by atoms with E-state index >= 15 is 0 Å². The highest BCUT2D eigenvalue weighted by Crippen LogP contribution is 2.09. The molecular formula is C8H15FO. The summed E-state index contributed by atoms with van der Waals surface area (Å²) in [5.74, 6) is -0.369. The monoisotopic (exact) mass is 146 g/mol. The van der Waals surface area contributed by atoms with E-state index < -0.39 is 6.17 Å². The van der Waals surface area contributed by atoms with Crippen molar-refractivity contribution in [3.63, 3.8) is 0 Å². The highest BCUT2D eigenvalue weighted by molar-refractivity contribution is 5.84. The summed E-state index contributed by atoms with van der Waals surface area (Å²) in [5, 5.41) is 0. The Bertz CT molecular complexity index is 110. The lowest BCUT2D eigenvalue weighted by molar-refractivity contribution is -0.126. The molecule has 1 nitrogen and oxygen atoms in total. The molecule has 0 N–H and O–H groups in total. The van der Waals surface area contributed by atoms with Crippen LogP contribution in [0.25, 0.3) is 0 Å². The lowest BCUT2D eigenvalue weighted by Crippen LogP contribution is -2.19. The smallest absolute Gasteiger partial charge is 0.169 e. The summed E-state index contributed by atoms with van der Waals surface area (Å²) >= 11 is 0. The second-order valence-electron chi connectivity index (χ2n) is 2.71. The van der Waals surface area contributed by atoms with Crippen molar-refractivity contribution in [2.24, 2.45) is 5.92 Å². The molecule has 0 saturated carbocycles. The van der Waals surface area contributed by atoms with E-state index in [-0.39, 0.29) is 11.7 Å². The third-order valence-corrected chi connectivity index (χ3v) is 1.60. The molecule has 0 aromatic heterocycles. The van der Waals surface area contributed by atoms with E-state index in [0.29, 0.717) is 0 Å². The van der Waals surface area contributed by atoms with Gasteiger partial charge in [-0.15, -0.1) is 0 Å². The molecular weight excluding hydrogens is 131 g/mol. The molecule has 2 heteroatoms. The highest BCUT2D eigenvalue weighted by atomic mass is 19.1. The lowest BCUT2D eigenvalue weighted by Gasteiger charge is -2.08. The predicted octanol–water partition coefficient (Wildman–Crippen LogP) is 2.35. The van der Waals surface area contributed by atoms with Crippen LogP contribution in [-0.2, 0) is 4.79 Å². The molecule has 60 valence electrons. The number of rotatable bonds is 4. The molecule has 0 aromatic rings. The van der Waals surface area contributed by atoms with Crippen molar-refractivity contribution in [3.8, 4) is 0 Å². The number of hydrogen-bond donors (Lipinski definition) is 0. The first-order valence-electron chi connectivity index (χ1n) is 3.77. The Morgan fingerprint density at radius 3 is 2.30 bits per heavy atom. The maximum Gasteiger partial charge on any atom is 0.169 e. The molecule has 0 aromatic carbocycles. The number of Topliss-reactive ketones (excluding diaryl/α,β-unsaturated/α-hetero) is 1. The minimum atomic E-state index is -1.29. The van der Waals surface area contributed by atoms with Crippen LogP contribution >= 0.6 is 0 Å². The molecule has 0 bridgehead atoms. The van der Waals surface area contributed by atoms with Crippen molar-refractivity contribution >= 4 is 5.78 Å². The van der Waals surface area contributed by atoms with Gasteiger partial charge >= 0.3 is 0 Å². The quantitative estimate of drug-likeness (QED) is 0.595. The maximum absolute atomic E-state index is 12.3. The van der Waals surface area contributed by atoms with Crippen LogP contribution in [0, 0.1) is 5.92 Å². The van der Waals surface area contributed by atoms with Gasteiger partial charge in [-0.25, -0.2) is 4.39 Å². The third kappa shape index (κ3) is 2.95. The Morgan fingerprint density at radius 1 is 1.50 bits per heavy atom. The van der Waals surface area contributed by atoms with Gasteiger partial charge in [0.1, 0.15) is 0 Å². The molecule has 0 amide bonds. The van der Waals surface area contributed by atoms with Gasteiger partial charge in [0.2, 0.25) is 0 Å². The van der Waals surface area contributed by atoms with Crippen molar-refractivity contribution in [2.45, 2.75) is 39.8 Å². The molecule has 0 rings (SSSR count). The zero-order valence-corrected chi connectivity index (χ0v) is 6.86. The molecule has 2 unspecified atom stereocenters. The van der Waals surface area contributed by atoms with Crippen LogP contribution in [0.15, 0.2) is 0 Å². The van der Waals surface area contributed by atoms with Crippen molar-refractivity contribution in [3.05, 3.63) is 0 Å². The largest absolute Gasteiger partial charge is 0.296 e. The fourth-order valence-corrected chi connectivity index (χ4v) is 0.967. The molecule has 2 atom stereocenters. The number of carbonyl (C=O) groups excluding carboxylic acids is 1. The molecule has 0 fully saturated rings. The van der Waals surface area contributed by atoms with Crippen LogP contribution in [0.1, 0.15) is 33.6 Å². The number of alkyl halides is 1. The Hall–Kier alpha value is -0.400. The number of carbonyl (C=O) groups is 1. The fourth-order valence-electron chi connectivity index (χ4n) is 0.967. The summed E-state index contributed by atoms with van der Waals surface area (Å²) in [6.45, 7) is 5.07. The van der Waals surface area contributed by atoms with E-state index in [4.69, 9.17) is 0 Å².